The van der Waals surface area contributed by atoms with Crippen molar-refractivity contribution in [2.24, 2.45) is 5.73 Å². The molecule has 0 bridgehead atoms. The molecule has 1 aromatic heterocycles. The van der Waals surface area contributed by atoms with Crippen molar-refractivity contribution in [3.8, 4) is 0 Å². The highest BCUT2D eigenvalue weighted by Crippen LogP contribution is 2.15. The van der Waals surface area contributed by atoms with Crippen molar-refractivity contribution >= 4 is 17.2 Å². The van der Waals surface area contributed by atoms with Gasteiger partial charge in [-0.15, -0.1) is 11.3 Å². The van der Waals surface area contributed by atoms with E-state index in [9.17, 15) is 4.79 Å². The zero-order valence-corrected chi connectivity index (χ0v) is 12.2. The lowest BCUT2D eigenvalue weighted by Crippen LogP contribution is -2.27. The van der Waals surface area contributed by atoms with Gasteiger partial charge in [-0.1, -0.05) is 30.3 Å². The third kappa shape index (κ3) is 4.75. The van der Waals surface area contributed by atoms with Gasteiger partial charge in [-0.2, -0.15) is 0 Å². The first-order valence-electron chi connectivity index (χ1n) is 6.72. The maximum atomic E-state index is 11.7. The van der Waals surface area contributed by atoms with E-state index in [1.807, 2.05) is 23.6 Å². The predicted octanol–water partition coefficient (Wildman–Crippen LogP) is 1.74. The second-order valence-corrected chi connectivity index (χ2v) is 5.51. The summed E-state index contributed by atoms with van der Waals surface area (Å²) in [6, 6.07) is 10.2. The minimum atomic E-state index is 0.00927. The van der Waals surface area contributed by atoms with Gasteiger partial charge in [0.25, 0.3) is 0 Å². The standard InChI is InChI=1S/C15H19N3OS/c16-7-4-8-17-14(19)10-13-11-20-15(18-13)9-12-5-2-1-3-6-12/h1-3,5-6,11H,4,7-10,16H2,(H,17,19). The molecule has 1 aromatic carbocycles. The topological polar surface area (TPSA) is 68.0 Å². The molecule has 4 nitrogen and oxygen atoms in total. The van der Waals surface area contributed by atoms with Crippen LogP contribution in [0.5, 0.6) is 0 Å². The number of nitrogens with zero attached hydrogens (tertiary/aromatic N) is 1. The Morgan fingerprint density at radius 2 is 2.10 bits per heavy atom. The summed E-state index contributed by atoms with van der Waals surface area (Å²) < 4.78 is 0. The fraction of sp³-hybridized carbons (Fsp3) is 0.333. The van der Waals surface area contributed by atoms with Crippen LogP contribution >= 0.6 is 11.3 Å². The molecule has 2 rings (SSSR count). The average molecular weight is 289 g/mol. The number of thiazole rings is 1. The molecule has 20 heavy (non-hydrogen) atoms. The molecule has 0 fully saturated rings. The summed E-state index contributed by atoms with van der Waals surface area (Å²) in [7, 11) is 0. The fourth-order valence-electron chi connectivity index (χ4n) is 1.84. The first kappa shape index (κ1) is 14.7. The van der Waals surface area contributed by atoms with Crippen LogP contribution in [-0.4, -0.2) is 24.0 Å². The number of benzene rings is 1. The van der Waals surface area contributed by atoms with E-state index in [2.05, 4.69) is 22.4 Å². The summed E-state index contributed by atoms with van der Waals surface area (Å²) in [6.45, 7) is 1.23. The average Bonchev–Trinajstić information content (AvgIpc) is 2.87. The number of amides is 1. The molecule has 0 aliphatic rings. The van der Waals surface area contributed by atoms with Crippen LogP contribution in [0.1, 0.15) is 22.7 Å². The van der Waals surface area contributed by atoms with Gasteiger partial charge in [0.1, 0.15) is 0 Å². The van der Waals surface area contributed by atoms with Crippen molar-refractivity contribution in [1.82, 2.24) is 10.3 Å². The molecule has 3 N–H and O–H groups in total. The van der Waals surface area contributed by atoms with Gasteiger partial charge in [0, 0.05) is 18.3 Å². The van der Waals surface area contributed by atoms with Crippen LogP contribution < -0.4 is 11.1 Å². The maximum Gasteiger partial charge on any atom is 0.226 e. The highest BCUT2D eigenvalue weighted by Gasteiger charge is 2.07. The van der Waals surface area contributed by atoms with Gasteiger partial charge in [0.05, 0.1) is 17.1 Å². The lowest BCUT2D eigenvalue weighted by atomic mass is 10.2. The third-order valence-corrected chi connectivity index (χ3v) is 3.74. The molecule has 0 spiro atoms. The van der Waals surface area contributed by atoms with Gasteiger partial charge < -0.3 is 11.1 Å². The molecular weight excluding hydrogens is 270 g/mol. The van der Waals surface area contributed by atoms with E-state index >= 15 is 0 Å². The zero-order valence-electron chi connectivity index (χ0n) is 11.3. The van der Waals surface area contributed by atoms with Gasteiger partial charge in [-0.25, -0.2) is 4.98 Å². The SMILES string of the molecule is NCCCNC(=O)Cc1csc(Cc2ccccc2)n1. The number of nitrogens with two attached hydrogens (primary N) is 1. The van der Waals surface area contributed by atoms with Gasteiger partial charge in [-0.05, 0) is 18.5 Å². The smallest absolute Gasteiger partial charge is 0.226 e. The molecule has 1 heterocycles. The van der Waals surface area contributed by atoms with E-state index < -0.39 is 0 Å². The summed E-state index contributed by atoms with van der Waals surface area (Å²) >= 11 is 1.60. The Morgan fingerprint density at radius 1 is 1.30 bits per heavy atom. The number of aromatic nitrogens is 1. The van der Waals surface area contributed by atoms with Crippen molar-refractivity contribution in [3.63, 3.8) is 0 Å². The van der Waals surface area contributed by atoms with E-state index in [1.165, 1.54) is 5.56 Å². The summed E-state index contributed by atoms with van der Waals surface area (Å²) in [6.07, 6.45) is 1.97. The number of nitrogens with one attached hydrogen (secondary N) is 1. The number of hydrogen-bond donors (Lipinski definition) is 2. The highest BCUT2D eigenvalue weighted by atomic mass is 32.1. The Balaban J connectivity index is 1.84. The predicted molar refractivity (Wildman–Crippen MR) is 81.7 cm³/mol. The number of rotatable bonds is 7. The quantitative estimate of drug-likeness (QED) is 0.763. The first-order chi connectivity index (χ1) is 9.78. The Labute approximate surface area is 123 Å². The van der Waals surface area contributed by atoms with Crippen LogP contribution in [0.15, 0.2) is 35.7 Å². The minimum absolute atomic E-state index is 0.00927. The van der Waals surface area contributed by atoms with Gasteiger partial charge in [-0.3, -0.25) is 4.79 Å². The van der Waals surface area contributed by atoms with Gasteiger partial charge in [0.15, 0.2) is 0 Å². The van der Waals surface area contributed by atoms with E-state index in [0.717, 1.165) is 23.5 Å². The molecule has 2 aromatic rings. The summed E-state index contributed by atoms with van der Waals surface area (Å²) in [4.78, 5) is 16.2. The van der Waals surface area contributed by atoms with Gasteiger partial charge in [0.2, 0.25) is 5.91 Å². The van der Waals surface area contributed by atoms with Gasteiger partial charge >= 0.3 is 0 Å². The fourth-order valence-corrected chi connectivity index (χ4v) is 2.67. The molecule has 1 amide bonds. The molecule has 0 saturated carbocycles. The van der Waals surface area contributed by atoms with Crippen molar-refractivity contribution in [2.75, 3.05) is 13.1 Å². The summed E-state index contributed by atoms with van der Waals surface area (Å²) in [5.41, 5.74) is 7.46. The van der Waals surface area contributed by atoms with Crippen molar-refractivity contribution in [3.05, 3.63) is 52.0 Å². The molecule has 0 aliphatic heterocycles. The van der Waals surface area contributed by atoms with E-state index in [1.54, 1.807) is 11.3 Å². The molecule has 0 radical (unpaired) electrons. The Bertz CT molecular complexity index is 539. The molecule has 5 heteroatoms. The maximum absolute atomic E-state index is 11.7. The summed E-state index contributed by atoms with van der Waals surface area (Å²) in [5.74, 6) is 0.00927. The van der Waals surface area contributed by atoms with E-state index in [4.69, 9.17) is 5.73 Å². The van der Waals surface area contributed by atoms with E-state index in [-0.39, 0.29) is 5.91 Å². The lowest BCUT2D eigenvalue weighted by molar-refractivity contribution is -0.120. The number of hydrogen-bond acceptors (Lipinski definition) is 4. The molecular formula is C15H19N3OS. The molecule has 0 unspecified atom stereocenters. The Hall–Kier alpha value is -1.72. The van der Waals surface area contributed by atoms with Crippen LogP contribution in [0.3, 0.4) is 0 Å². The molecule has 0 aliphatic carbocycles. The normalized spacial score (nSPS) is 10.4. The highest BCUT2D eigenvalue weighted by molar-refractivity contribution is 7.09. The minimum Gasteiger partial charge on any atom is -0.356 e. The zero-order chi connectivity index (χ0) is 14.2. The summed E-state index contributed by atoms with van der Waals surface area (Å²) in [5, 5.41) is 5.84. The largest absolute Gasteiger partial charge is 0.356 e. The van der Waals surface area contributed by atoms with Crippen LogP contribution in [0.2, 0.25) is 0 Å². The third-order valence-electron chi connectivity index (χ3n) is 2.84. The molecule has 106 valence electrons. The Kier molecular flexibility index (Phi) is 5.70. The molecule has 0 atom stereocenters. The number of carbonyl (C=O) groups excluding carboxylic acids is 1. The monoisotopic (exact) mass is 289 g/mol. The first-order valence-corrected chi connectivity index (χ1v) is 7.60. The second kappa shape index (κ2) is 7.77. The Morgan fingerprint density at radius 3 is 2.85 bits per heavy atom. The van der Waals surface area contributed by atoms with Crippen molar-refractivity contribution < 1.29 is 4.79 Å². The van der Waals surface area contributed by atoms with E-state index in [0.29, 0.717) is 19.5 Å². The van der Waals surface area contributed by atoms with Crippen molar-refractivity contribution in [2.45, 2.75) is 19.3 Å². The molecule has 0 saturated heterocycles. The lowest BCUT2D eigenvalue weighted by Gasteiger charge is -2.02. The van der Waals surface area contributed by atoms with Crippen molar-refractivity contribution in [1.29, 1.82) is 0 Å². The van der Waals surface area contributed by atoms with Crippen LogP contribution in [0.25, 0.3) is 0 Å². The van der Waals surface area contributed by atoms with Crippen LogP contribution in [-0.2, 0) is 17.6 Å². The number of carbonyl (C=O) groups is 1. The van der Waals surface area contributed by atoms with Crippen LogP contribution in [0, 0.1) is 0 Å². The van der Waals surface area contributed by atoms with Crippen LogP contribution in [0.4, 0.5) is 0 Å². The second-order valence-electron chi connectivity index (χ2n) is 4.56.